The van der Waals surface area contributed by atoms with Gasteiger partial charge in [0.25, 0.3) is 11.5 Å². The van der Waals surface area contributed by atoms with Gasteiger partial charge in [0.15, 0.2) is 5.69 Å². The molecular weight excluding hydrogens is 533 g/mol. The third-order valence-corrected chi connectivity index (χ3v) is 9.44. The van der Waals surface area contributed by atoms with E-state index in [4.69, 9.17) is 9.47 Å². The van der Waals surface area contributed by atoms with Gasteiger partial charge in [0.1, 0.15) is 17.2 Å². The quantitative estimate of drug-likeness (QED) is 0.508. The third kappa shape index (κ3) is 5.31. The molecule has 2 saturated heterocycles. The van der Waals surface area contributed by atoms with Crippen LogP contribution >= 0.6 is 0 Å². The summed E-state index contributed by atoms with van der Waals surface area (Å²) in [5, 5.41) is 13.0. The fourth-order valence-electron chi connectivity index (χ4n) is 5.30. The van der Waals surface area contributed by atoms with Crippen LogP contribution in [0.25, 0.3) is 0 Å². The Balaban J connectivity index is 1.36. The van der Waals surface area contributed by atoms with Crippen LogP contribution in [0.1, 0.15) is 41.6 Å². The molecule has 2 fully saturated rings. The molecule has 5 rings (SSSR count). The Morgan fingerprint density at radius 1 is 1.13 bits per heavy atom. The molecule has 1 spiro atoms. The average molecular weight is 566 g/mol. The van der Waals surface area contributed by atoms with Gasteiger partial charge in [-0.2, -0.15) is 4.31 Å². The Morgan fingerprint density at radius 2 is 1.85 bits per heavy atom. The number of hydrogen-bond donors (Lipinski definition) is 2. The number of amides is 1. The van der Waals surface area contributed by atoms with Gasteiger partial charge in [0.05, 0.1) is 18.0 Å². The van der Waals surface area contributed by atoms with E-state index in [2.05, 4.69) is 15.2 Å². The van der Waals surface area contributed by atoms with E-state index in [-0.39, 0.29) is 36.0 Å². The van der Waals surface area contributed by atoms with Gasteiger partial charge in [-0.15, -0.1) is 0 Å². The smallest absolute Gasteiger partial charge is 0.296 e. The Bertz CT molecular complexity index is 1420. The van der Waals surface area contributed by atoms with Gasteiger partial charge in [-0.1, -0.05) is 6.92 Å². The van der Waals surface area contributed by atoms with E-state index in [9.17, 15) is 27.5 Å². The molecule has 0 bridgehead atoms. The molecule has 2 N–H and O–H groups in total. The second-order valence-electron chi connectivity index (χ2n) is 9.86. The minimum absolute atomic E-state index is 0.188. The molecule has 3 aliphatic heterocycles. The molecule has 2 aromatic rings. The highest BCUT2D eigenvalue weighted by Crippen LogP contribution is 2.37. The van der Waals surface area contributed by atoms with Crippen LogP contribution in [0.4, 0.5) is 4.39 Å². The first-order chi connectivity index (χ1) is 18.6. The van der Waals surface area contributed by atoms with Crippen LogP contribution in [0, 0.1) is 5.82 Å². The molecule has 0 unspecified atom stereocenters. The summed E-state index contributed by atoms with van der Waals surface area (Å²) >= 11 is 0. The Labute approximate surface area is 225 Å². The highest BCUT2D eigenvalue weighted by Gasteiger charge is 2.43. The molecule has 1 amide bonds. The number of likely N-dealkylation sites (N-methyl/N-ethyl adjacent to an activating group) is 1. The lowest BCUT2D eigenvalue weighted by atomic mass is 9.91. The lowest BCUT2D eigenvalue weighted by Crippen LogP contribution is -2.48. The normalized spacial score (nSPS) is 20.1. The summed E-state index contributed by atoms with van der Waals surface area (Å²) in [7, 11) is -3.93. The summed E-state index contributed by atoms with van der Waals surface area (Å²) in [4.78, 5) is 32.2. The second-order valence-corrected chi connectivity index (χ2v) is 11.8. The molecule has 212 valence electrons. The minimum Gasteiger partial charge on any atom is -0.501 e. The monoisotopic (exact) mass is 565 g/mol. The van der Waals surface area contributed by atoms with Crippen molar-refractivity contribution in [3.05, 3.63) is 51.5 Å². The van der Waals surface area contributed by atoms with E-state index in [1.807, 2.05) is 6.92 Å². The maximum absolute atomic E-state index is 14.5. The zero-order valence-electron chi connectivity index (χ0n) is 21.7. The number of fused-ring (bicyclic) bond motifs is 2. The molecule has 1 aromatic carbocycles. The number of halogens is 1. The molecule has 3 aliphatic rings. The molecular formula is C25H32FN5O7S. The van der Waals surface area contributed by atoms with Crippen molar-refractivity contribution >= 4 is 15.9 Å². The Morgan fingerprint density at radius 3 is 2.54 bits per heavy atom. The fourth-order valence-corrected chi connectivity index (χ4v) is 6.80. The predicted octanol–water partition coefficient (Wildman–Crippen LogP) is 0.380. The van der Waals surface area contributed by atoms with E-state index in [1.165, 1.54) is 14.9 Å². The van der Waals surface area contributed by atoms with Crippen LogP contribution < -0.4 is 10.9 Å². The maximum Gasteiger partial charge on any atom is 0.296 e. The van der Waals surface area contributed by atoms with Crippen molar-refractivity contribution < 1.29 is 32.2 Å². The van der Waals surface area contributed by atoms with Gasteiger partial charge in [0, 0.05) is 58.8 Å². The van der Waals surface area contributed by atoms with Crippen LogP contribution in [-0.4, -0.2) is 90.7 Å². The fraction of sp³-hybridized carbons (Fsp3) is 0.560. The lowest BCUT2D eigenvalue weighted by Gasteiger charge is -2.40. The Hall–Kier alpha value is -2.91. The summed E-state index contributed by atoms with van der Waals surface area (Å²) in [5.74, 6) is -2.16. The zero-order valence-corrected chi connectivity index (χ0v) is 22.5. The number of carbonyl (C=O) groups excluding carboxylic acids is 1. The predicted molar refractivity (Wildman–Crippen MR) is 136 cm³/mol. The number of benzene rings is 1. The van der Waals surface area contributed by atoms with Crippen LogP contribution in [0.5, 0.6) is 5.75 Å². The summed E-state index contributed by atoms with van der Waals surface area (Å²) in [6, 6.07) is 3.39. The van der Waals surface area contributed by atoms with Crippen molar-refractivity contribution in [1.29, 1.82) is 0 Å². The van der Waals surface area contributed by atoms with Crippen molar-refractivity contribution in [1.82, 2.24) is 24.1 Å². The highest BCUT2D eigenvalue weighted by molar-refractivity contribution is 7.89. The minimum atomic E-state index is -3.93. The van der Waals surface area contributed by atoms with E-state index in [0.29, 0.717) is 52.2 Å². The third-order valence-electron chi connectivity index (χ3n) is 7.56. The van der Waals surface area contributed by atoms with Crippen LogP contribution in [-0.2, 0) is 38.2 Å². The number of nitrogens with zero attached hydrogens (tertiary/aromatic N) is 4. The van der Waals surface area contributed by atoms with Crippen molar-refractivity contribution in [2.24, 2.45) is 0 Å². The molecule has 14 heteroatoms. The number of aromatic hydroxyl groups is 1. The maximum atomic E-state index is 14.5. The largest absolute Gasteiger partial charge is 0.501 e. The summed E-state index contributed by atoms with van der Waals surface area (Å²) in [6.07, 6.45) is 0.888. The number of rotatable bonds is 6. The topological polar surface area (TPSA) is 143 Å². The molecule has 39 heavy (non-hydrogen) atoms. The lowest BCUT2D eigenvalue weighted by molar-refractivity contribution is -0.139. The van der Waals surface area contributed by atoms with Crippen LogP contribution in [0.15, 0.2) is 27.9 Å². The molecule has 1 aromatic heterocycles. The SMILES string of the molecule is CCN1CCN(S(=O)(=O)c2cc(F)cc(CNC(=O)c3nc4n(c(=O)c3O)CCOC43CCOCC3)c2)CC1. The van der Waals surface area contributed by atoms with E-state index in [1.54, 1.807) is 0 Å². The number of ether oxygens (including phenoxy) is 2. The summed E-state index contributed by atoms with van der Waals surface area (Å²) in [6.45, 7) is 5.60. The number of hydrogen-bond acceptors (Lipinski definition) is 9. The first kappa shape index (κ1) is 27.6. The van der Waals surface area contributed by atoms with E-state index < -0.39 is 44.4 Å². The van der Waals surface area contributed by atoms with Gasteiger partial charge in [-0.3, -0.25) is 14.2 Å². The molecule has 12 nitrogen and oxygen atoms in total. The van der Waals surface area contributed by atoms with E-state index in [0.717, 1.165) is 18.7 Å². The van der Waals surface area contributed by atoms with Gasteiger partial charge < -0.3 is 24.8 Å². The van der Waals surface area contributed by atoms with Gasteiger partial charge in [0.2, 0.25) is 15.8 Å². The van der Waals surface area contributed by atoms with Gasteiger partial charge >= 0.3 is 0 Å². The zero-order chi connectivity index (χ0) is 27.8. The average Bonchev–Trinajstić information content (AvgIpc) is 2.94. The number of nitrogens with one attached hydrogen (secondary N) is 1. The van der Waals surface area contributed by atoms with Crippen molar-refractivity contribution in [2.75, 3.05) is 52.5 Å². The van der Waals surface area contributed by atoms with Gasteiger partial charge in [-0.25, -0.2) is 17.8 Å². The van der Waals surface area contributed by atoms with Gasteiger partial charge in [-0.05, 0) is 30.3 Å². The number of piperazine rings is 1. The van der Waals surface area contributed by atoms with Crippen molar-refractivity contribution in [3.63, 3.8) is 0 Å². The molecule has 0 atom stereocenters. The molecule has 0 radical (unpaired) electrons. The number of sulfonamides is 1. The van der Waals surface area contributed by atoms with Crippen LogP contribution in [0.2, 0.25) is 0 Å². The Kier molecular flexibility index (Phi) is 7.75. The van der Waals surface area contributed by atoms with Crippen molar-refractivity contribution in [3.8, 4) is 5.75 Å². The second kappa shape index (κ2) is 10.9. The summed E-state index contributed by atoms with van der Waals surface area (Å²) < 4.78 is 54.9. The van der Waals surface area contributed by atoms with Crippen LogP contribution in [0.3, 0.4) is 0 Å². The van der Waals surface area contributed by atoms with Crippen molar-refractivity contribution in [2.45, 2.75) is 43.4 Å². The highest BCUT2D eigenvalue weighted by atomic mass is 32.2. The first-order valence-corrected chi connectivity index (χ1v) is 14.4. The number of aromatic nitrogens is 2. The molecule has 0 saturated carbocycles. The van der Waals surface area contributed by atoms with E-state index >= 15 is 0 Å². The number of carbonyl (C=O) groups is 1. The standard InChI is InChI=1S/C25H32FN5O7S/c1-2-29-5-7-30(8-6-29)39(35,36)19-14-17(13-18(26)15-19)16-27-22(33)20-21(32)23(34)31-9-12-38-25(24(31)28-20)3-10-37-11-4-25/h13-15,32H,2-12,16H2,1H3,(H,27,33). The molecule has 0 aliphatic carbocycles. The summed E-state index contributed by atoms with van der Waals surface area (Å²) in [5.41, 5.74) is -1.91. The first-order valence-electron chi connectivity index (χ1n) is 13.0. The molecule has 4 heterocycles.